The summed E-state index contributed by atoms with van der Waals surface area (Å²) in [5.74, 6) is 0.532. The lowest BCUT2D eigenvalue weighted by molar-refractivity contribution is 0.298. The number of allylic oxidation sites excluding steroid dienone is 1. The van der Waals surface area contributed by atoms with Crippen molar-refractivity contribution in [3.8, 4) is 0 Å². The standard InChI is InChI=1S/C17H19N7OS/c18-8-11(9-20-6-7-25)13-4-3-12(19)16(24-13)22-10-15-23-14-2-1-5-21-17(14)26-15/h1-5,8-9,18,20,25H,6-7,10,19H2,(H,22,24)/b11-9+,18-8?. The summed E-state index contributed by atoms with van der Waals surface area (Å²) < 4.78 is 0. The molecule has 8 nitrogen and oxygen atoms in total. The number of aromatic nitrogens is 3. The molecule has 9 heteroatoms. The molecule has 0 unspecified atom stereocenters. The minimum absolute atomic E-state index is 0.0147. The molecule has 3 aromatic heterocycles. The Balaban J connectivity index is 1.76. The van der Waals surface area contributed by atoms with Crippen molar-refractivity contribution in [1.29, 1.82) is 5.41 Å². The largest absolute Gasteiger partial charge is 0.396 e. The van der Waals surface area contributed by atoms with Crippen LogP contribution in [0.15, 0.2) is 36.7 Å². The summed E-state index contributed by atoms with van der Waals surface area (Å²) in [6, 6.07) is 7.28. The average molecular weight is 369 g/mol. The van der Waals surface area contributed by atoms with E-state index in [1.54, 1.807) is 24.5 Å². The number of nitrogens with zero attached hydrogens (tertiary/aromatic N) is 3. The number of hydrogen-bond acceptors (Lipinski definition) is 9. The average Bonchev–Trinajstić information content (AvgIpc) is 3.08. The molecule has 0 aliphatic rings. The van der Waals surface area contributed by atoms with Crippen molar-refractivity contribution in [3.05, 3.63) is 47.4 Å². The van der Waals surface area contributed by atoms with E-state index in [9.17, 15) is 0 Å². The first-order chi connectivity index (χ1) is 12.7. The fraction of sp³-hybridized carbons (Fsp3) is 0.176. The van der Waals surface area contributed by atoms with Gasteiger partial charge in [-0.05, 0) is 24.3 Å². The molecule has 0 aliphatic heterocycles. The van der Waals surface area contributed by atoms with Crippen LogP contribution in [0.5, 0.6) is 0 Å². The number of aliphatic hydroxyl groups is 1. The van der Waals surface area contributed by atoms with Gasteiger partial charge in [-0.15, -0.1) is 0 Å². The number of rotatable bonds is 8. The van der Waals surface area contributed by atoms with Crippen molar-refractivity contribution >= 4 is 45.0 Å². The van der Waals surface area contributed by atoms with Crippen LogP contribution < -0.4 is 16.4 Å². The highest BCUT2D eigenvalue weighted by atomic mass is 32.1. The van der Waals surface area contributed by atoms with Gasteiger partial charge in [-0.1, -0.05) is 11.3 Å². The number of pyridine rings is 2. The van der Waals surface area contributed by atoms with Crippen LogP contribution >= 0.6 is 11.3 Å². The zero-order valence-electron chi connectivity index (χ0n) is 13.9. The van der Waals surface area contributed by atoms with Gasteiger partial charge in [0.1, 0.15) is 21.2 Å². The minimum atomic E-state index is 0.0147. The third kappa shape index (κ3) is 4.13. The summed E-state index contributed by atoms with van der Waals surface area (Å²) in [5.41, 5.74) is 8.59. The second-order valence-corrected chi connectivity index (χ2v) is 6.41. The predicted octanol–water partition coefficient (Wildman–Crippen LogP) is 1.85. The molecular formula is C17H19N7OS. The van der Waals surface area contributed by atoms with Gasteiger partial charge < -0.3 is 26.9 Å². The van der Waals surface area contributed by atoms with E-state index in [2.05, 4.69) is 25.6 Å². The van der Waals surface area contributed by atoms with Crippen LogP contribution in [0.3, 0.4) is 0 Å². The molecule has 3 rings (SSSR count). The summed E-state index contributed by atoms with van der Waals surface area (Å²) in [6.45, 7) is 0.901. The van der Waals surface area contributed by atoms with Crippen molar-refractivity contribution in [2.45, 2.75) is 6.54 Å². The predicted molar refractivity (Wildman–Crippen MR) is 105 cm³/mol. The van der Waals surface area contributed by atoms with E-state index in [1.807, 2.05) is 12.1 Å². The maximum absolute atomic E-state index is 8.83. The monoisotopic (exact) mass is 369 g/mol. The lowest BCUT2D eigenvalue weighted by Crippen LogP contribution is -2.12. The van der Waals surface area contributed by atoms with Crippen molar-refractivity contribution in [1.82, 2.24) is 20.3 Å². The number of thiazole rings is 1. The van der Waals surface area contributed by atoms with E-state index in [4.69, 9.17) is 16.2 Å². The second-order valence-electron chi connectivity index (χ2n) is 5.34. The fourth-order valence-corrected chi connectivity index (χ4v) is 3.10. The van der Waals surface area contributed by atoms with Crippen LogP contribution in [-0.4, -0.2) is 39.4 Å². The van der Waals surface area contributed by atoms with Gasteiger partial charge in [0.15, 0.2) is 0 Å². The lowest BCUT2D eigenvalue weighted by atomic mass is 10.2. The zero-order chi connectivity index (χ0) is 18.4. The number of nitrogens with one attached hydrogen (secondary N) is 3. The van der Waals surface area contributed by atoms with Crippen molar-refractivity contribution in [3.63, 3.8) is 0 Å². The molecule has 0 saturated carbocycles. The molecule has 0 aliphatic carbocycles. The van der Waals surface area contributed by atoms with Gasteiger partial charge >= 0.3 is 0 Å². The second kappa shape index (κ2) is 8.37. The van der Waals surface area contributed by atoms with Crippen LogP contribution in [0, 0.1) is 5.41 Å². The fourth-order valence-electron chi connectivity index (χ4n) is 2.26. The van der Waals surface area contributed by atoms with Gasteiger partial charge in [0.05, 0.1) is 24.5 Å². The van der Waals surface area contributed by atoms with Gasteiger partial charge in [0.25, 0.3) is 0 Å². The van der Waals surface area contributed by atoms with E-state index >= 15 is 0 Å². The highest BCUT2D eigenvalue weighted by molar-refractivity contribution is 7.18. The summed E-state index contributed by atoms with van der Waals surface area (Å²) in [5, 5.41) is 23.4. The van der Waals surface area contributed by atoms with E-state index in [-0.39, 0.29) is 6.61 Å². The molecule has 0 saturated heterocycles. The first-order valence-electron chi connectivity index (χ1n) is 7.97. The maximum Gasteiger partial charge on any atom is 0.150 e. The van der Waals surface area contributed by atoms with Gasteiger partial charge in [0, 0.05) is 30.7 Å². The summed E-state index contributed by atoms with van der Waals surface area (Å²) in [6.07, 6.45) is 4.59. The SMILES string of the molecule is N=C/C(=C\NCCO)c1ccc(N)c(NCc2nc3cccnc3s2)n1. The molecule has 3 aromatic rings. The van der Waals surface area contributed by atoms with Crippen LogP contribution in [0.1, 0.15) is 10.7 Å². The quantitative estimate of drug-likeness (QED) is 0.302. The Morgan fingerprint density at radius 2 is 2.19 bits per heavy atom. The molecule has 0 atom stereocenters. The number of nitrogens with two attached hydrogens (primary N) is 1. The molecule has 0 spiro atoms. The third-order valence-corrected chi connectivity index (χ3v) is 4.49. The normalized spacial score (nSPS) is 11.5. The van der Waals surface area contributed by atoms with E-state index in [0.29, 0.717) is 35.9 Å². The van der Waals surface area contributed by atoms with E-state index in [0.717, 1.165) is 15.4 Å². The highest BCUT2D eigenvalue weighted by Gasteiger charge is 2.08. The third-order valence-electron chi connectivity index (χ3n) is 3.51. The first-order valence-corrected chi connectivity index (χ1v) is 8.79. The Hall–Kier alpha value is -3.04. The van der Waals surface area contributed by atoms with Gasteiger partial charge in [-0.25, -0.2) is 15.0 Å². The topological polar surface area (TPSA) is 133 Å². The van der Waals surface area contributed by atoms with E-state index < -0.39 is 0 Å². The van der Waals surface area contributed by atoms with Crippen molar-refractivity contribution in [2.75, 3.05) is 24.2 Å². The number of nitrogen functional groups attached to an aromatic ring is 1. The van der Waals surface area contributed by atoms with Crippen LogP contribution in [-0.2, 0) is 6.54 Å². The smallest absolute Gasteiger partial charge is 0.150 e. The summed E-state index contributed by atoms with van der Waals surface area (Å²) in [4.78, 5) is 14.2. The number of hydrogen-bond donors (Lipinski definition) is 5. The van der Waals surface area contributed by atoms with Crippen molar-refractivity contribution in [2.24, 2.45) is 0 Å². The first kappa shape index (κ1) is 17.8. The molecule has 134 valence electrons. The molecule has 0 aromatic carbocycles. The van der Waals surface area contributed by atoms with Gasteiger partial charge in [-0.3, -0.25) is 0 Å². The van der Waals surface area contributed by atoms with Crippen molar-refractivity contribution < 1.29 is 5.11 Å². The summed E-state index contributed by atoms with van der Waals surface area (Å²) in [7, 11) is 0. The van der Waals surface area contributed by atoms with Crippen LogP contribution in [0.25, 0.3) is 15.9 Å². The molecule has 0 fully saturated rings. The Bertz CT molecular complexity index is 905. The Kier molecular flexibility index (Phi) is 5.72. The Morgan fingerprint density at radius 3 is 2.96 bits per heavy atom. The van der Waals surface area contributed by atoms with Crippen LogP contribution in [0.2, 0.25) is 0 Å². The molecule has 0 bridgehead atoms. The Labute approximate surface area is 154 Å². The van der Waals surface area contributed by atoms with Gasteiger partial charge in [0.2, 0.25) is 0 Å². The zero-order valence-corrected chi connectivity index (χ0v) is 14.8. The molecular weight excluding hydrogens is 350 g/mol. The highest BCUT2D eigenvalue weighted by Crippen LogP contribution is 2.23. The number of anilines is 2. The number of fused-ring (bicyclic) bond motifs is 1. The molecule has 6 N–H and O–H groups in total. The molecule has 26 heavy (non-hydrogen) atoms. The lowest BCUT2D eigenvalue weighted by Gasteiger charge is -2.10. The molecule has 3 heterocycles. The van der Waals surface area contributed by atoms with Crippen LogP contribution in [0.4, 0.5) is 11.5 Å². The molecule has 0 amide bonds. The summed E-state index contributed by atoms with van der Waals surface area (Å²) >= 11 is 1.52. The van der Waals surface area contributed by atoms with Gasteiger partial charge in [-0.2, -0.15) is 0 Å². The Morgan fingerprint density at radius 1 is 1.31 bits per heavy atom. The maximum atomic E-state index is 8.83. The number of aliphatic hydroxyl groups excluding tert-OH is 1. The minimum Gasteiger partial charge on any atom is -0.396 e. The van der Waals surface area contributed by atoms with E-state index in [1.165, 1.54) is 17.6 Å². The molecule has 0 radical (unpaired) electrons.